The first-order valence-corrected chi connectivity index (χ1v) is 10.6. The van der Waals surface area contributed by atoms with E-state index in [4.69, 9.17) is 9.47 Å². The molecule has 0 radical (unpaired) electrons. The van der Waals surface area contributed by atoms with Crippen molar-refractivity contribution in [1.29, 1.82) is 0 Å². The molecule has 0 spiro atoms. The van der Waals surface area contributed by atoms with Crippen molar-refractivity contribution in [2.45, 2.75) is 11.8 Å². The number of amides is 1. The molecule has 0 aliphatic rings. The minimum atomic E-state index is -2.21. The number of hydrazone groups is 1. The number of ether oxygens (including phenoxy) is 2. The van der Waals surface area contributed by atoms with Gasteiger partial charge in [-0.25, -0.2) is 14.6 Å². The maximum atomic E-state index is 12.5. The second-order valence-electron chi connectivity index (χ2n) is 5.99. The standard InChI is InChI=1S/C20H19N3O5S2/c1-12-18(29-20(22-12)14-6-4-5-7-15(14)27-2)19(24)23-21-11-13-8-9-16(28-3)17(10-13)30(25)26/h4-11H,1-3H3,(H,23,24)(H,25,26)/b21-11+. The fourth-order valence-corrected chi connectivity index (χ4v) is 4.22. The quantitative estimate of drug-likeness (QED) is 0.327. The van der Waals surface area contributed by atoms with E-state index in [2.05, 4.69) is 15.5 Å². The Bertz CT molecular complexity index is 1130. The fraction of sp³-hybridized carbons (Fsp3) is 0.150. The molecule has 8 nitrogen and oxygen atoms in total. The molecule has 1 atom stereocenters. The van der Waals surface area contributed by atoms with Gasteiger partial charge in [-0.3, -0.25) is 4.79 Å². The van der Waals surface area contributed by atoms with E-state index in [1.807, 2.05) is 24.3 Å². The molecule has 0 aliphatic heterocycles. The Labute approximate surface area is 179 Å². The topological polar surface area (TPSA) is 110 Å². The predicted molar refractivity (Wildman–Crippen MR) is 116 cm³/mol. The Kier molecular flexibility index (Phi) is 6.93. The fourth-order valence-electron chi connectivity index (χ4n) is 2.67. The largest absolute Gasteiger partial charge is 0.496 e. The van der Waals surface area contributed by atoms with E-state index >= 15 is 0 Å². The number of thiazole rings is 1. The highest BCUT2D eigenvalue weighted by Gasteiger charge is 2.18. The Balaban J connectivity index is 1.77. The van der Waals surface area contributed by atoms with Crippen LogP contribution in [0, 0.1) is 6.92 Å². The number of carbonyl (C=O) groups is 1. The van der Waals surface area contributed by atoms with E-state index in [1.54, 1.807) is 26.2 Å². The maximum Gasteiger partial charge on any atom is 0.283 e. The van der Waals surface area contributed by atoms with Gasteiger partial charge >= 0.3 is 0 Å². The highest BCUT2D eigenvalue weighted by molar-refractivity contribution is 7.79. The van der Waals surface area contributed by atoms with E-state index in [-0.39, 0.29) is 4.90 Å². The molecule has 0 aliphatic carbocycles. The summed E-state index contributed by atoms with van der Waals surface area (Å²) in [5.74, 6) is 0.566. The smallest absolute Gasteiger partial charge is 0.283 e. The van der Waals surface area contributed by atoms with Crippen molar-refractivity contribution in [3.8, 4) is 22.1 Å². The van der Waals surface area contributed by atoms with Gasteiger partial charge in [-0.05, 0) is 42.8 Å². The predicted octanol–water partition coefficient (Wildman–Crippen LogP) is 3.48. The molecule has 1 aromatic heterocycles. The van der Waals surface area contributed by atoms with E-state index in [0.29, 0.717) is 32.6 Å². The number of methoxy groups -OCH3 is 2. The lowest BCUT2D eigenvalue weighted by molar-refractivity contribution is 0.0958. The third-order valence-electron chi connectivity index (χ3n) is 4.10. The summed E-state index contributed by atoms with van der Waals surface area (Å²) in [6, 6.07) is 12.1. The first-order chi connectivity index (χ1) is 14.4. The van der Waals surface area contributed by atoms with Gasteiger partial charge in [0.1, 0.15) is 26.3 Å². The first-order valence-electron chi connectivity index (χ1n) is 8.67. The number of hydrogen-bond acceptors (Lipinski definition) is 7. The molecule has 2 N–H and O–H groups in total. The minimum absolute atomic E-state index is 0.118. The summed E-state index contributed by atoms with van der Waals surface area (Å²) in [5.41, 5.74) is 4.37. The van der Waals surface area contributed by atoms with Crippen LogP contribution in [0.5, 0.6) is 11.5 Å². The highest BCUT2D eigenvalue weighted by Crippen LogP contribution is 2.34. The van der Waals surface area contributed by atoms with Gasteiger partial charge < -0.3 is 14.0 Å². The molecular weight excluding hydrogens is 426 g/mol. The normalized spacial score (nSPS) is 12.0. The Hall–Kier alpha value is -3.08. The molecule has 10 heteroatoms. The number of nitrogens with one attached hydrogen (secondary N) is 1. The zero-order valence-electron chi connectivity index (χ0n) is 16.4. The second kappa shape index (κ2) is 9.61. The number of para-hydroxylation sites is 1. The van der Waals surface area contributed by atoms with Crippen LogP contribution in [-0.2, 0) is 11.1 Å². The molecule has 156 valence electrons. The molecular formula is C20H19N3O5S2. The van der Waals surface area contributed by atoms with Crippen molar-refractivity contribution < 1.29 is 23.0 Å². The zero-order valence-corrected chi connectivity index (χ0v) is 18.0. The molecule has 0 bridgehead atoms. The Morgan fingerprint density at radius 3 is 2.63 bits per heavy atom. The number of carbonyl (C=O) groups excluding carboxylic acids is 1. The van der Waals surface area contributed by atoms with E-state index in [0.717, 1.165) is 5.56 Å². The van der Waals surface area contributed by atoms with Crippen LogP contribution in [-0.4, -0.2) is 40.1 Å². The van der Waals surface area contributed by atoms with Gasteiger partial charge in [0.2, 0.25) is 0 Å². The molecule has 0 saturated heterocycles. The number of benzene rings is 2. The van der Waals surface area contributed by atoms with Crippen LogP contribution in [0.4, 0.5) is 0 Å². The number of nitrogens with zero attached hydrogens (tertiary/aromatic N) is 2. The van der Waals surface area contributed by atoms with E-state index in [1.165, 1.54) is 30.7 Å². The number of hydrogen-bond donors (Lipinski definition) is 2. The number of aryl methyl sites for hydroxylation is 1. The first kappa shape index (κ1) is 21.6. The van der Waals surface area contributed by atoms with Gasteiger partial charge in [0.15, 0.2) is 11.1 Å². The highest BCUT2D eigenvalue weighted by atomic mass is 32.2. The van der Waals surface area contributed by atoms with Crippen molar-refractivity contribution in [2.24, 2.45) is 5.10 Å². The van der Waals surface area contributed by atoms with Crippen molar-refractivity contribution in [1.82, 2.24) is 10.4 Å². The monoisotopic (exact) mass is 445 g/mol. The van der Waals surface area contributed by atoms with Crippen molar-refractivity contribution in [2.75, 3.05) is 14.2 Å². The van der Waals surface area contributed by atoms with Crippen molar-refractivity contribution in [3.05, 3.63) is 58.6 Å². The summed E-state index contributed by atoms with van der Waals surface area (Å²) in [7, 11) is 2.99. The summed E-state index contributed by atoms with van der Waals surface area (Å²) in [5, 5.41) is 4.61. The molecule has 0 fully saturated rings. The lowest BCUT2D eigenvalue weighted by Gasteiger charge is -2.05. The lowest BCUT2D eigenvalue weighted by atomic mass is 10.2. The molecule has 1 amide bonds. The Morgan fingerprint density at radius 1 is 1.20 bits per heavy atom. The van der Waals surface area contributed by atoms with Gasteiger partial charge in [-0.15, -0.1) is 11.3 Å². The minimum Gasteiger partial charge on any atom is -0.496 e. The van der Waals surface area contributed by atoms with Gasteiger partial charge in [0.25, 0.3) is 5.91 Å². The average Bonchev–Trinajstić information content (AvgIpc) is 3.15. The molecule has 1 heterocycles. The van der Waals surface area contributed by atoms with E-state index < -0.39 is 17.0 Å². The summed E-state index contributed by atoms with van der Waals surface area (Å²) in [4.78, 5) is 17.6. The van der Waals surface area contributed by atoms with Crippen LogP contribution in [0.2, 0.25) is 0 Å². The van der Waals surface area contributed by atoms with Gasteiger partial charge in [-0.1, -0.05) is 12.1 Å². The molecule has 30 heavy (non-hydrogen) atoms. The second-order valence-corrected chi connectivity index (χ2v) is 7.93. The SMILES string of the molecule is COc1ccccc1-c1nc(C)c(C(=O)N/N=C/c2ccc(OC)c(S(=O)O)c2)s1. The zero-order chi connectivity index (χ0) is 21.7. The van der Waals surface area contributed by atoms with Gasteiger partial charge in [0, 0.05) is 0 Å². The summed E-state index contributed by atoms with van der Waals surface area (Å²) in [6.07, 6.45) is 1.38. The van der Waals surface area contributed by atoms with E-state index in [9.17, 15) is 13.6 Å². The van der Waals surface area contributed by atoms with Crippen molar-refractivity contribution in [3.63, 3.8) is 0 Å². The third kappa shape index (κ3) is 4.73. The number of rotatable bonds is 7. The molecule has 3 rings (SSSR count). The molecule has 1 unspecified atom stereocenters. The maximum absolute atomic E-state index is 12.5. The van der Waals surface area contributed by atoms with Crippen LogP contribution in [0.3, 0.4) is 0 Å². The Morgan fingerprint density at radius 2 is 1.93 bits per heavy atom. The molecule has 2 aromatic carbocycles. The average molecular weight is 446 g/mol. The van der Waals surface area contributed by atoms with Gasteiger partial charge in [-0.2, -0.15) is 5.10 Å². The van der Waals surface area contributed by atoms with Crippen LogP contribution in [0.25, 0.3) is 10.6 Å². The van der Waals surface area contributed by atoms with Crippen LogP contribution in [0.1, 0.15) is 20.9 Å². The summed E-state index contributed by atoms with van der Waals surface area (Å²) >= 11 is -0.966. The van der Waals surface area contributed by atoms with Crippen molar-refractivity contribution >= 4 is 34.5 Å². The third-order valence-corrected chi connectivity index (χ3v) is 5.98. The lowest BCUT2D eigenvalue weighted by Crippen LogP contribution is -2.17. The summed E-state index contributed by atoms with van der Waals surface area (Å²) in [6.45, 7) is 1.75. The van der Waals surface area contributed by atoms with Crippen LogP contribution < -0.4 is 14.9 Å². The molecule has 3 aromatic rings. The number of aromatic nitrogens is 1. The molecule has 0 saturated carbocycles. The van der Waals surface area contributed by atoms with Gasteiger partial charge in [0.05, 0.1) is 31.7 Å². The van der Waals surface area contributed by atoms with Crippen LogP contribution in [0.15, 0.2) is 52.5 Å². The van der Waals surface area contributed by atoms with Crippen LogP contribution >= 0.6 is 11.3 Å². The summed E-state index contributed by atoms with van der Waals surface area (Å²) < 4.78 is 31.2.